The fourth-order valence-electron chi connectivity index (χ4n) is 2.07. The number of carbonyl (C=O) groups excluding carboxylic acids is 2. The number of rotatable bonds is 3. The van der Waals surface area contributed by atoms with E-state index in [1.807, 2.05) is 11.8 Å². The van der Waals surface area contributed by atoms with Crippen LogP contribution in [0, 0.1) is 0 Å². The predicted octanol–water partition coefficient (Wildman–Crippen LogP) is -0.583. The molecule has 0 atom stereocenters. The fraction of sp³-hybridized carbons (Fsp3) is 0.727. The Bertz CT molecular complexity index is 347. The van der Waals surface area contributed by atoms with E-state index in [2.05, 4.69) is 10.4 Å². The van der Waals surface area contributed by atoms with E-state index in [4.69, 9.17) is 0 Å². The van der Waals surface area contributed by atoms with Crippen molar-refractivity contribution in [3.8, 4) is 0 Å². The summed E-state index contributed by atoms with van der Waals surface area (Å²) in [5.41, 5.74) is 0.695. The Morgan fingerprint density at radius 3 is 2.71 bits per heavy atom. The van der Waals surface area contributed by atoms with Crippen LogP contribution in [0.15, 0.2) is 5.10 Å². The van der Waals surface area contributed by atoms with Crippen LogP contribution in [0.4, 0.5) is 0 Å². The molecule has 2 aliphatic rings. The van der Waals surface area contributed by atoms with Crippen LogP contribution >= 0.6 is 0 Å². The van der Waals surface area contributed by atoms with Crippen LogP contribution in [0.25, 0.3) is 0 Å². The second-order valence-corrected chi connectivity index (χ2v) is 4.26. The Morgan fingerprint density at radius 2 is 2.12 bits per heavy atom. The van der Waals surface area contributed by atoms with Gasteiger partial charge in [-0.15, -0.1) is 0 Å². The number of amides is 2. The maximum Gasteiger partial charge on any atom is 0.248 e. The molecule has 0 aromatic carbocycles. The summed E-state index contributed by atoms with van der Waals surface area (Å²) >= 11 is 0. The average Bonchev–Trinajstić information content (AvgIpc) is 2.70. The first-order chi connectivity index (χ1) is 8.20. The number of nitrogens with zero attached hydrogens (tertiary/aromatic N) is 3. The van der Waals surface area contributed by atoms with E-state index in [1.54, 1.807) is 0 Å². The summed E-state index contributed by atoms with van der Waals surface area (Å²) in [5.74, 6) is 0.0756. The van der Waals surface area contributed by atoms with Crippen molar-refractivity contribution in [3.63, 3.8) is 0 Å². The maximum atomic E-state index is 11.9. The van der Waals surface area contributed by atoms with Crippen molar-refractivity contribution in [2.75, 3.05) is 32.7 Å². The summed E-state index contributed by atoms with van der Waals surface area (Å²) in [7, 11) is 0. The number of nitrogens with one attached hydrogen (secondary N) is 1. The van der Waals surface area contributed by atoms with Crippen LogP contribution < -0.4 is 5.32 Å². The molecule has 2 amide bonds. The van der Waals surface area contributed by atoms with Crippen molar-refractivity contribution in [2.24, 2.45) is 5.10 Å². The molecule has 2 aliphatic heterocycles. The number of carbonyl (C=O) groups is 2. The Morgan fingerprint density at radius 1 is 1.41 bits per heavy atom. The molecule has 1 N–H and O–H groups in total. The predicted molar refractivity (Wildman–Crippen MR) is 63.5 cm³/mol. The van der Waals surface area contributed by atoms with Gasteiger partial charge >= 0.3 is 0 Å². The topological polar surface area (TPSA) is 65.0 Å². The van der Waals surface area contributed by atoms with E-state index in [9.17, 15) is 9.59 Å². The molecular formula is C11H18N4O2. The van der Waals surface area contributed by atoms with Gasteiger partial charge in [0.05, 0.1) is 18.6 Å². The summed E-state index contributed by atoms with van der Waals surface area (Å²) < 4.78 is 0. The zero-order valence-electron chi connectivity index (χ0n) is 10.1. The molecule has 0 aromatic rings. The minimum absolute atomic E-state index is 0.00406. The van der Waals surface area contributed by atoms with Gasteiger partial charge < -0.3 is 10.2 Å². The molecule has 1 saturated heterocycles. The quantitative estimate of drug-likeness (QED) is 0.715. The third-order valence-corrected chi connectivity index (χ3v) is 3.03. The minimum atomic E-state index is -0.00406. The first kappa shape index (κ1) is 12.0. The monoisotopic (exact) mass is 238 g/mol. The number of piperazine rings is 1. The van der Waals surface area contributed by atoms with E-state index in [-0.39, 0.29) is 18.2 Å². The molecule has 2 rings (SSSR count). The van der Waals surface area contributed by atoms with Gasteiger partial charge in [-0.05, 0) is 6.92 Å². The smallest absolute Gasteiger partial charge is 0.248 e. The number of hydrazone groups is 1. The van der Waals surface area contributed by atoms with Crippen molar-refractivity contribution < 1.29 is 9.59 Å². The summed E-state index contributed by atoms with van der Waals surface area (Å²) in [4.78, 5) is 25.2. The molecule has 17 heavy (non-hydrogen) atoms. The summed E-state index contributed by atoms with van der Waals surface area (Å²) in [5, 5.41) is 8.79. The molecule has 0 aromatic heterocycles. The first-order valence-electron chi connectivity index (χ1n) is 6.06. The van der Waals surface area contributed by atoms with Crippen molar-refractivity contribution in [1.29, 1.82) is 0 Å². The largest absolute Gasteiger partial charge is 0.340 e. The molecule has 0 unspecified atom stereocenters. The van der Waals surface area contributed by atoms with E-state index in [0.29, 0.717) is 18.7 Å². The molecule has 6 heteroatoms. The highest BCUT2D eigenvalue weighted by molar-refractivity contribution is 6.11. The second-order valence-electron chi connectivity index (χ2n) is 4.26. The molecule has 6 nitrogen and oxygen atoms in total. The van der Waals surface area contributed by atoms with Crippen molar-refractivity contribution in [3.05, 3.63) is 0 Å². The lowest BCUT2D eigenvalue weighted by Crippen LogP contribution is -2.46. The lowest BCUT2D eigenvalue weighted by molar-refractivity contribution is -0.130. The van der Waals surface area contributed by atoms with Crippen molar-refractivity contribution in [2.45, 2.75) is 19.8 Å². The van der Waals surface area contributed by atoms with E-state index in [0.717, 1.165) is 26.2 Å². The molecule has 1 fully saturated rings. The summed E-state index contributed by atoms with van der Waals surface area (Å²) in [6.45, 7) is 5.64. The highest BCUT2D eigenvalue weighted by atomic mass is 16.2. The summed E-state index contributed by atoms with van der Waals surface area (Å²) in [6.07, 6.45) is 0.577. The third-order valence-electron chi connectivity index (χ3n) is 3.03. The summed E-state index contributed by atoms with van der Waals surface area (Å²) in [6, 6.07) is 0. The Balaban J connectivity index is 1.88. The van der Waals surface area contributed by atoms with Gasteiger partial charge in [0.25, 0.3) is 0 Å². The van der Waals surface area contributed by atoms with Gasteiger partial charge in [-0.1, -0.05) is 0 Å². The average molecular weight is 238 g/mol. The van der Waals surface area contributed by atoms with Gasteiger partial charge in [0.1, 0.15) is 0 Å². The molecule has 0 spiro atoms. The van der Waals surface area contributed by atoms with Crippen LogP contribution in [0.5, 0.6) is 0 Å². The highest BCUT2D eigenvalue weighted by Gasteiger charge is 2.26. The Labute approximate surface area is 101 Å². The highest BCUT2D eigenvalue weighted by Crippen LogP contribution is 2.11. The van der Waals surface area contributed by atoms with Crippen LogP contribution in [0.1, 0.15) is 19.8 Å². The van der Waals surface area contributed by atoms with Crippen LogP contribution in [-0.4, -0.2) is 60.2 Å². The van der Waals surface area contributed by atoms with E-state index >= 15 is 0 Å². The standard InChI is InChI=1S/C11H18N4O2/c1-2-15-11(17)8-9(13-15)7-10(16)14-5-3-12-4-6-14/h12H,2-8H2,1H3. The molecule has 0 bridgehead atoms. The van der Waals surface area contributed by atoms with E-state index < -0.39 is 0 Å². The van der Waals surface area contributed by atoms with Gasteiger partial charge in [-0.2, -0.15) is 5.10 Å². The second kappa shape index (κ2) is 5.27. The number of hydrogen-bond donors (Lipinski definition) is 1. The SMILES string of the molecule is CCN1N=C(CC(=O)N2CCNCC2)CC1=O. The molecule has 0 radical (unpaired) electrons. The Kier molecular flexibility index (Phi) is 3.73. The van der Waals surface area contributed by atoms with Crippen molar-refractivity contribution in [1.82, 2.24) is 15.2 Å². The maximum absolute atomic E-state index is 11.9. The number of hydrogen-bond acceptors (Lipinski definition) is 4. The molecule has 0 saturated carbocycles. The van der Waals surface area contributed by atoms with Gasteiger partial charge in [-0.3, -0.25) is 9.59 Å². The van der Waals surface area contributed by atoms with Crippen molar-refractivity contribution >= 4 is 17.5 Å². The molecule has 2 heterocycles. The van der Waals surface area contributed by atoms with Gasteiger partial charge in [0.15, 0.2) is 0 Å². The normalized spacial score (nSPS) is 20.8. The molecule has 94 valence electrons. The van der Waals surface area contributed by atoms with Gasteiger partial charge in [0, 0.05) is 32.7 Å². The van der Waals surface area contributed by atoms with Gasteiger partial charge in [0.2, 0.25) is 11.8 Å². The lowest BCUT2D eigenvalue weighted by Gasteiger charge is -2.27. The van der Waals surface area contributed by atoms with Crippen LogP contribution in [0.3, 0.4) is 0 Å². The van der Waals surface area contributed by atoms with Gasteiger partial charge in [-0.25, -0.2) is 5.01 Å². The third kappa shape index (κ3) is 2.82. The first-order valence-corrected chi connectivity index (χ1v) is 6.06. The fourth-order valence-corrected chi connectivity index (χ4v) is 2.07. The molecule has 0 aliphatic carbocycles. The zero-order chi connectivity index (χ0) is 12.3. The van der Waals surface area contributed by atoms with E-state index in [1.165, 1.54) is 5.01 Å². The van der Waals surface area contributed by atoms with Crippen LogP contribution in [0.2, 0.25) is 0 Å². The van der Waals surface area contributed by atoms with Crippen LogP contribution in [-0.2, 0) is 9.59 Å². The molecular weight excluding hydrogens is 220 g/mol. The lowest BCUT2D eigenvalue weighted by atomic mass is 10.2. The zero-order valence-corrected chi connectivity index (χ0v) is 10.1. The minimum Gasteiger partial charge on any atom is -0.340 e. The Hall–Kier alpha value is -1.43.